The van der Waals surface area contributed by atoms with Crippen LogP contribution in [0.2, 0.25) is 0 Å². The van der Waals surface area contributed by atoms with Crippen molar-refractivity contribution in [2.75, 3.05) is 13.2 Å². The van der Waals surface area contributed by atoms with Crippen molar-refractivity contribution in [3.63, 3.8) is 0 Å². The molecule has 0 unspecified atom stereocenters. The van der Waals surface area contributed by atoms with Crippen molar-refractivity contribution in [2.45, 2.75) is 53.8 Å². The van der Waals surface area contributed by atoms with Crippen molar-refractivity contribution in [3.8, 4) is 12.1 Å². The Morgan fingerprint density at radius 3 is 1.41 bits per heavy atom. The Bertz CT molecular complexity index is 542. The maximum absolute atomic E-state index is 9.38. The second-order valence-corrected chi connectivity index (χ2v) is 5.29. The molecule has 0 aliphatic carbocycles. The molecule has 0 aliphatic rings. The molecule has 0 fully saturated rings. The zero-order chi connectivity index (χ0) is 16.5. The lowest BCUT2D eigenvalue weighted by Gasteiger charge is -2.19. The third-order valence-electron chi connectivity index (χ3n) is 3.68. The predicted molar refractivity (Wildman–Crippen MR) is 85.2 cm³/mol. The number of nitrogens with zero attached hydrogens (tertiary/aromatic N) is 2. The molecule has 0 N–H and O–H groups in total. The van der Waals surface area contributed by atoms with Crippen LogP contribution >= 0.6 is 0 Å². The highest BCUT2D eigenvalue weighted by Crippen LogP contribution is 2.28. The zero-order valence-corrected chi connectivity index (χ0v) is 14.0. The molecular weight excluding hydrogens is 276 g/mol. The summed E-state index contributed by atoms with van der Waals surface area (Å²) in [6.07, 6.45) is 1.89. The average molecular weight is 300 g/mol. The number of rotatable bonds is 8. The van der Waals surface area contributed by atoms with Crippen molar-refractivity contribution in [2.24, 2.45) is 0 Å². The highest BCUT2D eigenvalue weighted by atomic mass is 16.5. The maximum atomic E-state index is 9.38. The molecule has 1 rings (SSSR count). The molecule has 0 bridgehead atoms. The van der Waals surface area contributed by atoms with E-state index in [9.17, 15) is 10.5 Å². The van der Waals surface area contributed by atoms with Crippen LogP contribution in [-0.2, 0) is 22.7 Å². The molecule has 22 heavy (non-hydrogen) atoms. The fourth-order valence-electron chi connectivity index (χ4n) is 2.44. The van der Waals surface area contributed by atoms with Gasteiger partial charge in [0.25, 0.3) is 0 Å². The SMILES string of the molecule is CCCOCc1c(C)c(C#N)c(C#N)c(C)c1COCCC. The molecule has 0 radical (unpaired) electrons. The van der Waals surface area contributed by atoms with E-state index in [2.05, 4.69) is 26.0 Å². The Morgan fingerprint density at radius 1 is 0.773 bits per heavy atom. The molecule has 0 aliphatic heterocycles. The van der Waals surface area contributed by atoms with E-state index in [0.717, 1.165) is 35.1 Å². The van der Waals surface area contributed by atoms with E-state index in [1.165, 1.54) is 0 Å². The van der Waals surface area contributed by atoms with Crippen LogP contribution in [0.1, 0.15) is 60.1 Å². The van der Waals surface area contributed by atoms with Gasteiger partial charge in [-0.15, -0.1) is 0 Å². The van der Waals surface area contributed by atoms with E-state index in [4.69, 9.17) is 9.47 Å². The Kier molecular flexibility index (Phi) is 7.60. The van der Waals surface area contributed by atoms with Crippen LogP contribution in [0.15, 0.2) is 0 Å². The molecule has 118 valence electrons. The summed E-state index contributed by atoms with van der Waals surface area (Å²) in [5.74, 6) is 0. The van der Waals surface area contributed by atoms with Crippen LogP contribution in [0.3, 0.4) is 0 Å². The Morgan fingerprint density at radius 2 is 1.14 bits per heavy atom. The van der Waals surface area contributed by atoms with Crippen LogP contribution in [0, 0.1) is 36.5 Å². The average Bonchev–Trinajstić information content (AvgIpc) is 2.52. The second kappa shape index (κ2) is 9.20. The normalized spacial score (nSPS) is 10.3. The lowest BCUT2D eigenvalue weighted by Crippen LogP contribution is -2.10. The first-order chi connectivity index (χ1) is 10.6. The van der Waals surface area contributed by atoms with E-state index in [-0.39, 0.29) is 0 Å². The first-order valence-electron chi connectivity index (χ1n) is 7.72. The Hall–Kier alpha value is -1.88. The minimum atomic E-state index is 0.450. The van der Waals surface area contributed by atoms with Crippen LogP contribution in [0.25, 0.3) is 0 Å². The van der Waals surface area contributed by atoms with Gasteiger partial charge in [0.2, 0.25) is 0 Å². The lowest BCUT2D eigenvalue weighted by molar-refractivity contribution is 0.107. The number of nitriles is 2. The fraction of sp³-hybridized carbons (Fsp3) is 0.556. The largest absolute Gasteiger partial charge is 0.377 e. The first kappa shape index (κ1) is 18.2. The van der Waals surface area contributed by atoms with Crippen LogP contribution in [-0.4, -0.2) is 13.2 Å². The van der Waals surface area contributed by atoms with Gasteiger partial charge >= 0.3 is 0 Å². The Balaban J connectivity index is 3.32. The predicted octanol–water partition coefficient (Wildman–Crippen LogP) is 3.90. The number of hydrogen-bond acceptors (Lipinski definition) is 4. The molecule has 0 spiro atoms. The molecule has 0 saturated carbocycles. The summed E-state index contributed by atoms with van der Waals surface area (Å²) in [5, 5.41) is 18.8. The van der Waals surface area contributed by atoms with Gasteiger partial charge in [0.15, 0.2) is 0 Å². The first-order valence-corrected chi connectivity index (χ1v) is 7.72. The van der Waals surface area contributed by atoms with Gasteiger partial charge in [-0.25, -0.2) is 0 Å². The fourth-order valence-corrected chi connectivity index (χ4v) is 2.44. The standard InChI is InChI=1S/C18H24N2O2/c1-5-7-21-11-17-13(3)15(9-19)16(10-20)14(4)18(17)12-22-8-6-2/h5-8,11-12H2,1-4H3. The minimum Gasteiger partial charge on any atom is -0.377 e. The van der Waals surface area contributed by atoms with Gasteiger partial charge in [-0.1, -0.05) is 13.8 Å². The summed E-state index contributed by atoms with van der Waals surface area (Å²) >= 11 is 0. The van der Waals surface area contributed by atoms with Gasteiger partial charge in [-0.05, 0) is 48.9 Å². The van der Waals surface area contributed by atoms with Crippen molar-refractivity contribution in [1.29, 1.82) is 10.5 Å². The van der Waals surface area contributed by atoms with Crippen molar-refractivity contribution in [3.05, 3.63) is 33.4 Å². The molecule has 0 aromatic heterocycles. The zero-order valence-electron chi connectivity index (χ0n) is 14.0. The van der Waals surface area contributed by atoms with Crippen molar-refractivity contribution in [1.82, 2.24) is 0 Å². The highest BCUT2D eigenvalue weighted by Gasteiger charge is 2.19. The topological polar surface area (TPSA) is 66.0 Å². The monoisotopic (exact) mass is 300 g/mol. The van der Waals surface area contributed by atoms with Crippen LogP contribution < -0.4 is 0 Å². The van der Waals surface area contributed by atoms with E-state index >= 15 is 0 Å². The highest BCUT2D eigenvalue weighted by molar-refractivity contribution is 5.60. The number of benzene rings is 1. The summed E-state index contributed by atoms with van der Waals surface area (Å²) in [6.45, 7) is 10.1. The van der Waals surface area contributed by atoms with Crippen LogP contribution in [0.5, 0.6) is 0 Å². The Labute approximate surface area is 133 Å². The third-order valence-corrected chi connectivity index (χ3v) is 3.68. The summed E-state index contributed by atoms with van der Waals surface area (Å²) < 4.78 is 11.4. The summed E-state index contributed by atoms with van der Waals surface area (Å²) in [5.41, 5.74) is 4.53. The second-order valence-electron chi connectivity index (χ2n) is 5.29. The lowest BCUT2D eigenvalue weighted by atomic mass is 9.89. The molecule has 4 heteroatoms. The molecule has 4 nitrogen and oxygen atoms in total. The van der Waals surface area contributed by atoms with Gasteiger partial charge in [0.05, 0.1) is 24.3 Å². The summed E-state index contributed by atoms with van der Waals surface area (Å²) in [4.78, 5) is 0. The smallest absolute Gasteiger partial charge is 0.101 e. The number of hydrogen-bond donors (Lipinski definition) is 0. The van der Waals surface area contributed by atoms with Gasteiger partial charge in [0.1, 0.15) is 12.1 Å². The molecule has 1 aromatic rings. The third kappa shape index (κ3) is 4.07. The summed E-state index contributed by atoms with van der Waals surface area (Å²) in [7, 11) is 0. The van der Waals surface area contributed by atoms with E-state index < -0.39 is 0 Å². The van der Waals surface area contributed by atoms with E-state index in [0.29, 0.717) is 37.6 Å². The molecule has 0 atom stereocenters. The maximum Gasteiger partial charge on any atom is 0.101 e. The van der Waals surface area contributed by atoms with Gasteiger partial charge in [-0.3, -0.25) is 0 Å². The molecule has 0 heterocycles. The van der Waals surface area contributed by atoms with Crippen molar-refractivity contribution >= 4 is 0 Å². The molecular formula is C18H24N2O2. The number of ether oxygens (including phenoxy) is 2. The quantitative estimate of drug-likeness (QED) is 0.683. The van der Waals surface area contributed by atoms with E-state index in [1.54, 1.807) is 0 Å². The molecule has 1 aromatic carbocycles. The van der Waals surface area contributed by atoms with Gasteiger partial charge in [0, 0.05) is 13.2 Å². The van der Waals surface area contributed by atoms with E-state index in [1.807, 2.05) is 13.8 Å². The summed E-state index contributed by atoms with van der Waals surface area (Å²) in [6, 6.07) is 4.32. The van der Waals surface area contributed by atoms with Crippen molar-refractivity contribution < 1.29 is 9.47 Å². The van der Waals surface area contributed by atoms with Gasteiger partial charge in [-0.2, -0.15) is 10.5 Å². The molecule has 0 amide bonds. The molecule has 0 saturated heterocycles. The minimum absolute atomic E-state index is 0.450. The van der Waals surface area contributed by atoms with Crippen LogP contribution in [0.4, 0.5) is 0 Å². The van der Waals surface area contributed by atoms with Gasteiger partial charge < -0.3 is 9.47 Å².